The van der Waals surface area contributed by atoms with Crippen molar-refractivity contribution in [2.45, 2.75) is 91.3 Å². The Balaban J connectivity index is 2.84. The van der Waals surface area contributed by atoms with Crippen molar-refractivity contribution in [2.24, 2.45) is 0 Å². The van der Waals surface area contributed by atoms with Gasteiger partial charge in [-0.2, -0.15) is 0 Å². The number of unbranched alkanes of at least 4 members (excludes halogenated alkanes) is 4. The van der Waals surface area contributed by atoms with Gasteiger partial charge in [-0.25, -0.2) is 4.79 Å². The fourth-order valence-corrected chi connectivity index (χ4v) is 2.94. The van der Waals surface area contributed by atoms with Gasteiger partial charge in [0.05, 0.1) is 12.2 Å². The number of rotatable bonds is 14. The molecule has 152 valence electrons. The molecule has 4 heteroatoms. The number of hydrogen-bond acceptors (Lipinski definition) is 3. The van der Waals surface area contributed by atoms with E-state index in [1.807, 2.05) is 18.2 Å². The van der Waals surface area contributed by atoms with Crippen LogP contribution in [0.3, 0.4) is 0 Å². The molecule has 0 heterocycles. The predicted octanol–water partition coefficient (Wildman–Crippen LogP) is 6.48. The molecule has 2 unspecified atom stereocenters. The minimum Gasteiger partial charge on any atom is -0.491 e. The quantitative estimate of drug-likeness (QED) is 0.298. The predicted molar refractivity (Wildman–Crippen MR) is 112 cm³/mol. The van der Waals surface area contributed by atoms with Crippen LogP contribution in [0.25, 0.3) is 6.08 Å². The van der Waals surface area contributed by atoms with E-state index in [1.165, 1.54) is 25.7 Å². The monoisotopic (exact) mass is 376 g/mol. The third-order valence-corrected chi connectivity index (χ3v) is 4.42. The van der Waals surface area contributed by atoms with Crippen LogP contribution in [0.15, 0.2) is 24.3 Å². The normalized spacial score (nSPS) is 13.5. The zero-order chi connectivity index (χ0) is 20.1. The van der Waals surface area contributed by atoms with Crippen molar-refractivity contribution in [3.63, 3.8) is 0 Å². The highest BCUT2D eigenvalue weighted by atomic mass is 16.5. The zero-order valence-corrected chi connectivity index (χ0v) is 17.4. The van der Waals surface area contributed by atoms with E-state index >= 15 is 0 Å². The number of carboxylic acids is 1. The summed E-state index contributed by atoms with van der Waals surface area (Å²) in [6.45, 7) is 8.52. The molecule has 0 aliphatic rings. The number of aliphatic carboxylic acids is 1. The topological polar surface area (TPSA) is 55.8 Å². The van der Waals surface area contributed by atoms with Crippen LogP contribution < -0.4 is 9.47 Å². The molecule has 0 amide bonds. The van der Waals surface area contributed by atoms with E-state index in [1.54, 1.807) is 6.08 Å². The zero-order valence-electron chi connectivity index (χ0n) is 17.4. The summed E-state index contributed by atoms with van der Waals surface area (Å²) < 4.78 is 12.1. The van der Waals surface area contributed by atoms with E-state index in [-0.39, 0.29) is 12.2 Å². The van der Waals surface area contributed by atoms with Crippen LogP contribution in [-0.4, -0.2) is 23.3 Å². The molecule has 1 N–H and O–H groups in total. The SMILES string of the molecule is CCCCCC(C)Oc1cc(C=CC(=O)O)cc(OC(C)CCCCC)c1. The van der Waals surface area contributed by atoms with Crippen molar-refractivity contribution < 1.29 is 19.4 Å². The van der Waals surface area contributed by atoms with Gasteiger partial charge in [-0.3, -0.25) is 0 Å². The summed E-state index contributed by atoms with van der Waals surface area (Å²) in [5, 5.41) is 8.90. The van der Waals surface area contributed by atoms with Crippen LogP contribution in [0.5, 0.6) is 11.5 Å². The highest BCUT2D eigenvalue weighted by molar-refractivity contribution is 5.85. The molecule has 0 bridgehead atoms. The fraction of sp³-hybridized carbons (Fsp3) is 0.609. The number of hydrogen-bond donors (Lipinski definition) is 1. The van der Waals surface area contributed by atoms with Gasteiger partial charge < -0.3 is 14.6 Å². The summed E-state index contributed by atoms with van der Waals surface area (Å²) in [5.41, 5.74) is 0.770. The number of carboxylic acid groups (broad SMARTS) is 1. The second kappa shape index (κ2) is 13.2. The smallest absolute Gasteiger partial charge is 0.328 e. The molecule has 0 radical (unpaired) electrons. The maximum absolute atomic E-state index is 10.8. The van der Waals surface area contributed by atoms with Crippen molar-refractivity contribution in [3.8, 4) is 11.5 Å². The molecular weight excluding hydrogens is 340 g/mol. The summed E-state index contributed by atoms with van der Waals surface area (Å²) in [5.74, 6) is 0.481. The van der Waals surface area contributed by atoms with Gasteiger partial charge in [0, 0.05) is 12.1 Å². The van der Waals surface area contributed by atoms with Crippen LogP contribution in [-0.2, 0) is 4.79 Å². The molecule has 1 aromatic rings. The molecule has 0 saturated heterocycles. The minimum absolute atomic E-state index is 0.116. The minimum atomic E-state index is -0.968. The number of ether oxygens (including phenoxy) is 2. The molecule has 0 spiro atoms. The van der Waals surface area contributed by atoms with Crippen molar-refractivity contribution in [2.75, 3.05) is 0 Å². The maximum Gasteiger partial charge on any atom is 0.328 e. The lowest BCUT2D eigenvalue weighted by Crippen LogP contribution is -2.13. The molecule has 27 heavy (non-hydrogen) atoms. The summed E-state index contributed by atoms with van der Waals surface area (Å²) in [4.78, 5) is 10.8. The number of benzene rings is 1. The van der Waals surface area contributed by atoms with E-state index < -0.39 is 5.97 Å². The van der Waals surface area contributed by atoms with Gasteiger partial charge in [-0.15, -0.1) is 0 Å². The van der Waals surface area contributed by atoms with Crippen LogP contribution in [0.4, 0.5) is 0 Å². The number of carbonyl (C=O) groups is 1. The lowest BCUT2D eigenvalue weighted by molar-refractivity contribution is -0.131. The molecule has 2 atom stereocenters. The molecule has 0 aliphatic heterocycles. The van der Waals surface area contributed by atoms with E-state index in [9.17, 15) is 4.79 Å². The largest absolute Gasteiger partial charge is 0.491 e. The third-order valence-electron chi connectivity index (χ3n) is 4.42. The molecule has 1 rings (SSSR count). The fourth-order valence-electron chi connectivity index (χ4n) is 2.94. The Morgan fingerprint density at radius 1 is 0.926 bits per heavy atom. The summed E-state index contributed by atoms with van der Waals surface area (Å²) in [6.07, 6.45) is 12.0. The summed E-state index contributed by atoms with van der Waals surface area (Å²) in [6, 6.07) is 5.64. The Bertz CT molecular complexity index is 543. The highest BCUT2D eigenvalue weighted by Crippen LogP contribution is 2.27. The summed E-state index contributed by atoms with van der Waals surface area (Å²) >= 11 is 0. The molecule has 4 nitrogen and oxygen atoms in total. The Hall–Kier alpha value is -1.97. The first-order valence-corrected chi connectivity index (χ1v) is 10.3. The van der Waals surface area contributed by atoms with Gasteiger partial charge in [-0.1, -0.05) is 39.5 Å². The van der Waals surface area contributed by atoms with Crippen LogP contribution in [0.2, 0.25) is 0 Å². The van der Waals surface area contributed by atoms with Crippen LogP contribution >= 0.6 is 0 Å². The lowest BCUT2D eigenvalue weighted by Gasteiger charge is -2.18. The molecule has 0 fully saturated rings. The Kier molecular flexibility index (Phi) is 11.3. The molecule has 1 aromatic carbocycles. The van der Waals surface area contributed by atoms with E-state index in [2.05, 4.69) is 27.7 Å². The van der Waals surface area contributed by atoms with Crippen LogP contribution in [0.1, 0.15) is 84.6 Å². The van der Waals surface area contributed by atoms with E-state index in [4.69, 9.17) is 14.6 Å². The van der Waals surface area contributed by atoms with Gasteiger partial charge >= 0.3 is 5.97 Å². The van der Waals surface area contributed by atoms with E-state index in [0.717, 1.165) is 48.8 Å². The molecule has 0 aliphatic carbocycles. The van der Waals surface area contributed by atoms with Crippen molar-refractivity contribution in [1.29, 1.82) is 0 Å². The highest BCUT2D eigenvalue weighted by Gasteiger charge is 2.10. The first-order chi connectivity index (χ1) is 12.9. The van der Waals surface area contributed by atoms with Gasteiger partial charge in [-0.05, 0) is 63.3 Å². The van der Waals surface area contributed by atoms with Gasteiger partial charge in [0.1, 0.15) is 11.5 Å². The van der Waals surface area contributed by atoms with Crippen molar-refractivity contribution >= 4 is 12.0 Å². The average molecular weight is 377 g/mol. The van der Waals surface area contributed by atoms with Crippen LogP contribution in [0, 0.1) is 0 Å². The first-order valence-electron chi connectivity index (χ1n) is 10.3. The Morgan fingerprint density at radius 3 is 1.81 bits per heavy atom. The third kappa shape index (κ3) is 10.7. The maximum atomic E-state index is 10.8. The second-order valence-corrected chi connectivity index (χ2v) is 7.26. The second-order valence-electron chi connectivity index (χ2n) is 7.26. The lowest BCUT2D eigenvalue weighted by atomic mass is 10.1. The Labute approximate surface area is 164 Å². The van der Waals surface area contributed by atoms with Gasteiger partial charge in [0.25, 0.3) is 0 Å². The molecule has 0 saturated carbocycles. The Morgan fingerprint density at radius 2 is 1.41 bits per heavy atom. The van der Waals surface area contributed by atoms with E-state index in [0.29, 0.717) is 0 Å². The molecule has 0 aromatic heterocycles. The molecular formula is C23H36O4. The average Bonchev–Trinajstić information content (AvgIpc) is 2.60. The van der Waals surface area contributed by atoms with Gasteiger partial charge in [0.2, 0.25) is 0 Å². The van der Waals surface area contributed by atoms with Crippen molar-refractivity contribution in [3.05, 3.63) is 29.8 Å². The van der Waals surface area contributed by atoms with Crippen molar-refractivity contribution in [1.82, 2.24) is 0 Å². The first kappa shape index (κ1) is 23.1. The summed E-state index contributed by atoms with van der Waals surface area (Å²) in [7, 11) is 0. The van der Waals surface area contributed by atoms with Gasteiger partial charge in [0.15, 0.2) is 0 Å². The standard InChI is InChI=1S/C23H36O4/c1-5-7-9-11-18(3)26-21-15-20(13-14-23(24)25)16-22(17-21)27-19(4)12-10-8-6-2/h13-19H,5-12H2,1-4H3,(H,24,25).